The Bertz CT molecular complexity index is 3460. The van der Waals surface area contributed by atoms with Crippen LogP contribution in [0.1, 0.15) is 37.0 Å². The van der Waals surface area contributed by atoms with E-state index in [0.29, 0.717) is 0 Å². The molecule has 4 heteroatoms. The van der Waals surface area contributed by atoms with Gasteiger partial charge in [0.1, 0.15) is 11.5 Å². The molecule has 0 bridgehead atoms. The molecule has 60 heavy (non-hydrogen) atoms. The van der Waals surface area contributed by atoms with Crippen molar-refractivity contribution < 1.29 is 4.74 Å². The molecule has 3 nitrogen and oxygen atoms in total. The van der Waals surface area contributed by atoms with Crippen LogP contribution in [0.15, 0.2) is 193 Å². The van der Waals surface area contributed by atoms with Crippen molar-refractivity contribution >= 4 is 53.2 Å². The van der Waals surface area contributed by atoms with E-state index in [-0.39, 0.29) is 0 Å². The topological polar surface area (TPSA) is 35.0 Å². The Morgan fingerprint density at radius 1 is 0.583 bits per heavy atom. The predicted octanol–water partition coefficient (Wildman–Crippen LogP) is 15.1. The molecule has 0 saturated carbocycles. The number of thiophene rings is 1. The first-order valence-corrected chi connectivity index (χ1v) is 21.6. The van der Waals surface area contributed by atoms with Crippen molar-refractivity contribution in [3.63, 3.8) is 0 Å². The van der Waals surface area contributed by atoms with E-state index in [2.05, 4.69) is 196 Å². The van der Waals surface area contributed by atoms with Crippen LogP contribution in [-0.4, -0.2) is 9.97 Å². The van der Waals surface area contributed by atoms with Crippen LogP contribution >= 0.6 is 11.3 Å². The third kappa shape index (κ3) is 4.95. The quantitative estimate of drug-likeness (QED) is 0.178. The number of fused-ring (bicyclic) bond motifs is 12. The van der Waals surface area contributed by atoms with E-state index in [1.807, 2.05) is 0 Å². The molecule has 1 spiro atoms. The third-order valence-electron chi connectivity index (χ3n) is 12.6. The minimum atomic E-state index is -0.555. The molecule has 3 heterocycles. The highest BCUT2D eigenvalue weighted by Gasteiger charge is 2.53. The van der Waals surface area contributed by atoms with Crippen molar-refractivity contribution in [1.82, 2.24) is 9.97 Å². The van der Waals surface area contributed by atoms with Crippen LogP contribution in [0, 0.1) is 0 Å². The van der Waals surface area contributed by atoms with Gasteiger partial charge in [0.05, 0.1) is 21.3 Å². The second kappa shape index (κ2) is 13.5. The monoisotopic (exact) mass is 786 g/mol. The van der Waals surface area contributed by atoms with Crippen LogP contribution in [0.25, 0.3) is 86.7 Å². The SMILES string of the molecule is C/C=C1\C(=C/CC)Oc2ccccc2C12c1cc3ccccc3cc1-c1c(-c3ccc(-c4nc(-c5cccc6ccccc56)nc5c4sc4ccccc45)cc3)cccc12. The van der Waals surface area contributed by atoms with Crippen molar-refractivity contribution in [2.45, 2.75) is 25.7 Å². The maximum atomic E-state index is 6.74. The summed E-state index contributed by atoms with van der Waals surface area (Å²) in [5, 5.41) is 5.94. The maximum absolute atomic E-state index is 6.74. The van der Waals surface area contributed by atoms with Gasteiger partial charge in [0.2, 0.25) is 0 Å². The summed E-state index contributed by atoms with van der Waals surface area (Å²) < 4.78 is 9.05. The average molecular weight is 787 g/mol. The number of aromatic nitrogens is 2. The number of allylic oxidation sites excluding steroid dienone is 3. The largest absolute Gasteiger partial charge is 0.457 e. The summed E-state index contributed by atoms with van der Waals surface area (Å²) in [4.78, 5) is 10.7. The number of para-hydroxylation sites is 1. The van der Waals surface area contributed by atoms with Gasteiger partial charge in [-0.3, -0.25) is 0 Å². The minimum absolute atomic E-state index is 0.555. The van der Waals surface area contributed by atoms with Gasteiger partial charge in [0, 0.05) is 32.3 Å². The molecule has 0 radical (unpaired) electrons. The number of ether oxygens (including phenoxy) is 1. The van der Waals surface area contributed by atoms with Crippen LogP contribution in [0.2, 0.25) is 0 Å². The van der Waals surface area contributed by atoms with Gasteiger partial charge < -0.3 is 4.74 Å². The lowest BCUT2D eigenvalue weighted by atomic mass is 9.64. The molecular weight excluding hydrogens is 749 g/mol. The average Bonchev–Trinajstić information content (AvgIpc) is 3.81. The summed E-state index contributed by atoms with van der Waals surface area (Å²) in [6.07, 6.45) is 5.38. The Hall–Kier alpha value is -7.14. The highest BCUT2D eigenvalue weighted by atomic mass is 32.1. The van der Waals surface area contributed by atoms with Gasteiger partial charge in [-0.15, -0.1) is 11.3 Å². The fraction of sp³-hybridized carbons (Fsp3) is 0.0714. The molecule has 10 aromatic rings. The van der Waals surface area contributed by atoms with E-state index in [1.165, 1.54) is 59.8 Å². The van der Waals surface area contributed by atoms with Crippen molar-refractivity contribution in [2.75, 3.05) is 0 Å². The molecular formula is C56H38N2OS. The lowest BCUT2D eigenvalue weighted by molar-refractivity contribution is 0.387. The van der Waals surface area contributed by atoms with E-state index >= 15 is 0 Å². The van der Waals surface area contributed by atoms with Crippen molar-refractivity contribution in [3.8, 4) is 50.6 Å². The zero-order chi connectivity index (χ0) is 40.0. The summed E-state index contributed by atoms with van der Waals surface area (Å²) >= 11 is 1.77. The first kappa shape index (κ1) is 34.9. The Morgan fingerprint density at radius 3 is 2.08 bits per heavy atom. The van der Waals surface area contributed by atoms with E-state index in [1.54, 1.807) is 11.3 Å². The highest BCUT2D eigenvalue weighted by molar-refractivity contribution is 7.26. The summed E-state index contributed by atoms with van der Waals surface area (Å²) in [7, 11) is 0. The van der Waals surface area contributed by atoms with Gasteiger partial charge in [-0.1, -0.05) is 159 Å². The van der Waals surface area contributed by atoms with E-state index in [9.17, 15) is 0 Å². The van der Waals surface area contributed by atoms with Crippen molar-refractivity contribution in [3.05, 3.63) is 210 Å². The molecule has 2 aromatic heterocycles. The number of hydrogen-bond acceptors (Lipinski definition) is 4. The summed E-state index contributed by atoms with van der Waals surface area (Å²) in [5.41, 5.74) is 13.3. The molecule has 1 unspecified atom stereocenters. The van der Waals surface area contributed by atoms with E-state index in [4.69, 9.17) is 14.7 Å². The zero-order valence-electron chi connectivity index (χ0n) is 33.2. The Kier molecular flexibility index (Phi) is 7.82. The lowest BCUT2D eigenvalue weighted by Gasteiger charge is -2.41. The Morgan fingerprint density at radius 2 is 1.25 bits per heavy atom. The first-order chi connectivity index (χ1) is 29.6. The summed E-state index contributed by atoms with van der Waals surface area (Å²) in [6.45, 7) is 4.34. The lowest BCUT2D eigenvalue weighted by Crippen LogP contribution is -2.35. The predicted molar refractivity (Wildman–Crippen MR) is 251 cm³/mol. The number of nitrogens with zero attached hydrogens (tertiary/aromatic N) is 2. The fourth-order valence-corrected chi connectivity index (χ4v) is 11.2. The molecule has 284 valence electrons. The van der Waals surface area contributed by atoms with Crippen LogP contribution < -0.4 is 4.74 Å². The van der Waals surface area contributed by atoms with Crippen LogP contribution in [0.4, 0.5) is 0 Å². The number of hydrogen-bond donors (Lipinski definition) is 0. The van der Waals surface area contributed by atoms with Crippen molar-refractivity contribution in [2.24, 2.45) is 0 Å². The standard InChI is InChI=1S/C56H38N2OS/c1-3-15-48-44(4-2)56(45-24-10-11-26-49(45)59-48)46-25-14-22-40(51(46)43-32-37-17-5-6-18-38(37)33-47(43)56)35-28-30-36(31-29-35)52-54-53(42-21-9-12-27-50(42)60-54)58-55(57-52)41-23-13-19-34-16-7-8-20-39(34)41/h4-33H,3H2,1-2H3/b44-4+,48-15+. The summed E-state index contributed by atoms with van der Waals surface area (Å²) in [6, 6.07) is 61.7. The van der Waals surface area contributed by atoms with E-state index < -0.39 is 5.41 Å². The van der Waals surface area contributed by atoms with Crippen LogP contribution in [-0.2, 0) is 5.41 Å². The second-order valence-electron chi connectivity index (χ2n) is 15.8. The number of rotatable bonds is 4. The first-order valence-electron chi connectivity index (χ1n) is 20.8. The highest BCUT2D eigenvalue weighted by Crippen LogP contribution is 2.63. The van der Waals surface area contributed by atoms with Crippen LogP contribution in [0.5, 0.6) is 5.75 Å². The Labute approximate surface area is 352 Å². The minimum Gasteiger partial charge on any atom is -0.457 e. The Balaban J connectivity index is 1.08. The smallest absolute Gasteiger partial charge is 0.161 e. The molecule has 8 aromatic carbocycles. The molecule has 0 amide bonds. The maximum Gasteiger partial charge on any atom is 0.161 e. The molecule has 1 atom stereocenters. The normalized spacial score (nSPS) is 16.8. The second-order valence-corrected chi connectivity index (χ2v) is 16.8. The van der Waals surface area contributed by atoms with Crippen molar-refractivity contribution in [1.29, 1.82) is 0 Å². The molecule has 0 fully saturated rings. The van der Waals surface area contributed by atoms with E-state index in [0.717, 1.165) is 67.1 Å². The van der Waals surface area contributed by atoms with Gasteiger partial charge in [-0.25, -0.2) is 9.97 Å². The van der Waals surface area contributed by atoms with Gasteiger partial charge in [0.15, 0.2) is 5.82 Å². The molecule has 1 aliphatic carbocycles. The van der Waals surface area contributed by atoms with Crippen LogP contribution in [0.3, 0.4) is 0 Å². The van der Waals surface area contributed by atoms with Gasteiger partial charge in [-0.2, -0.15) is 0 Å². The van der Waals surface area contributed by atoms with Gasteiger partial charge in [-0.05, 0) is 98.6 Å². The molecule has 2 aliphatic rings. The van der Waals surface area contributed by atoms with Gasteiger partial charge in [0.25, 0.3) is 0 Å². The molecule has 0 N–H and O–H groups in total. The zero-order valence-corrected chi connectivity index (χ0v) is 34.1. The van der Waals surface area contributed by atoms with Gasteiger partial charge >= 0.3 is 0 Å². The molecule has 12 rings (SSSR count). The third-order valence-corrected chi connectivity index (χ3v) is 13.8. The summed E-state index contributed by atoms with van der Waals surface area (Å²) in [5.74, 6) is 2.58. The fourth-order valence-electron chi connectivity index (χ4n) is 10.1. The molecule has 1 aliphatic heterocycles. The molecule has 0 saturated heterocycles. The number of benzene rings is 8.